The van der Waals surface area contributed by atoms with Crippen molar-refractivity contribution in [1.29, 1.82) is 0 Å². The molecule has 1 saturated heterocycles. The molecule has 2 aromatic carbocycles. The zero-order valence-electron chi connectivity index (χ0n) is 29.8. The van der Waals surface area contributed by atoms with Crippen molar-refractivity contribution in [3.8, 4) is 11.1 Å². The van der Waals surface area contributed by atoms with Gasteiger partial charge in [0.2, 0.25) is 21.8 Å². The molecule has 1 aliphatic heterocycles. The summed E-state index contributed by atoms with van der Waals surface area (Å²) in [5, 5.41) is 18.0. The van der Waals surface area contributed by atoms with Crippen LogP contribution in [0, 0.1) is 11.8 Å². The van der Waals surface area contributed by atoms with Crippen molar-refractivity contribution in [2.75, 3.05) is 6.54 Å². The van der Waals surface area contributed by atoms with E-state index in [1.807, 2.05) is 48.5 Å². The van der Waals surface area contributed by atoms with E-state index < -0.39 is 74.7 Å². The molecule has 0 unspecified atom stereocenters. The number of amides is 4. The highest BCUT2D eigenvalue weighted by Gasteiger charge is 2.62. The summed E-state index contributed by atoms with van der Waals surface area (Å²) in [4.78, 5) is 62.5. The van der Waals surface area contributed by atoms with Crippen LogP contribution in [0.3, 0.4) is 0 Å². The lowest BCUT2D eigenvalue weighted by molar-refractivity contribution is -0.164. The first-order chi connectivity index (χ1) is 25.3. The van der Waals surface area contributed by atoms with E-state index in [2.05, 4.69) is 21.8 Å². The zero-order valence-corrected chi connectivity index (χ0v) is 30.6. The average molecular weight is 748 g/mol. The van der Waals surface area contributed by atoms with Gasteiger partial charge in [-0.15, -0.1) is 6.58 Å². The Hall–Kier alpha value is -4.76. The molecular weight excluding hydrogens is 703 g/mol. The quantitative estimate of drug-likeness (QED) is 0.141. The van der Waals surface area contributed by atoms with Gasteiger partial charge in [0.25, 0.3) is 5.91 Å². The van der Waals surface area contributed by atoms with Crippen LogP contribution in [0.25, 0.3) is 11.1 Å². The van der Waals surface area contributed by atoms with E-state index in [0.717, 1.165) is 35.1 Å². The first kappa shape index (κ1) is 36.6. The molecule has 0 spiro atoms. The molecule has 0 radical (unpaired) electrons. The van der Waals surface area contributed by atoms with Gasteiger partial charge in [0.05, 0.1) is 11.8 Å². The van der Waals surface area contributed by atoms with Crippen molar-refractivity contribution in [2.24, 2.45) is 17.0 Å². The third kappa shape index (κ3) is 7.03. The number of sulfonamides is 1. The van der Waals surface area contributed by atoms with Crippen molar-refractivity contribution in [3.05, 3.63) is 72.3 Å². The molecule has 4 amide bonds. The fourth-order valence-electron chi connectivity index (χ4n) is 7.76. The Morgan fingerprint density at radius 1 is 0.981 bits per heavy atom. The van der Waals surface area contributed by atoms with Crippen LogP contribution in [0.4, 0.5) is 4.79 Å². The highest BCUT2D eigenvalue weighted by atomic mass is 32.2. The van der Waals surface area contributed by atoms with Crippen LogP contribution in [0.5, 0.6) is 0 Å². The number of hydrogen-bond acceptors (Lipinski definition) is 10. The fourth-order valence-corrected chi connectivity index (χ4v) is 9.13. The van der Waals surface area contributed by atoms with Gasteiger partial charge in [0.15, 0.2) is 0 Å². The molecule has 15 heteroatoms. The predicted molar refractivity (Wildman–Crippen MR) is 193 cm³/mol. The molecule has 2 aromatic rings. The van der Waals surface area contributed by atoms with E-state index in [1.54, 1.807) is 13.8 Å². The number of rotatable bonds is 12. The molecule has 3 N–H and O–H groups in total. The molecule has 282 valence electrons. The number of likely N-dealkylation sites (tertiary alicyclic amines) is 1. The van der Waals surface area contributed by atoms with Gasteiger partial charge in [0, 0.05) is 23.5 Å². The Bertz CT molecular complexity index is 1910. The first-order valence-electron chi connectivity index (χ1n) is 18.3. The van der Waals surface area contributed by atoms with E-state index in [0.29, 0.717) is 36.5 Å². The molecule has 0 bridgehead atoms. The summed E-state index contributed by atoms with van der Waals surface area (Å²) in [6.07, 6.45) is 3.33. The number of hydroxylamine groups is 2. The average Bonchev–Trinajstić information content (AvgIpc) is 3.97. The number of carbonyl (C=O) groups excluding carboxylic acids is 4. The number of benzene rings is 2. The Kier molecular flexibility index (Phi) is 9.83. The molecule has 53 heavy (non-hydrogen) atoms. The number of ether oxygens (including phenoxy) is 1. The van der Waals surface area contributed by atoms with Crippen molar-refractivity contribution in [2.45, 2.75) is 100 Å². The van der Waals surface area contributed by atoms with E-state index >= 15 is 0 Å². The second-order valence-electron chi connectivity index (χ2n) is 15.0. The molecule has 0 aromatic heterocycles. The molecule has 4 fully saturated rings. The van der Waals surface area contributed by atoms with Crippen molar-refractivity contribution in [3.63, 3.8) is 0 Å². The number of nitrogens with zero attached hydrogens (tertiary/aromatic N) is 3. The number of hydrogen-bond donors (Lipinski definition) is 3. The van der Waals surface area contributed by atoms with Crippen LogP contribution in [-0.4, -0.2) is 94.7 Å². The highest BCUT2D eigenvalue weighted by molar-refractivity contribution is 7.91. The Morgan fingerprint density at radius 2 is 1.58 bits per heavy atom. The Balaban J connectivity index is 1.16. The van der Waals surface area contributed by atoms with Gasteiger partial charge in [0.1, 0.15) is 35.5 Å². The minimum atomic E-state index is -3.92. The molecule has 5 aliphatic rings. The molecule has 3 saturated carbocycles. The summed E-state index contributed by atoms with van der Waals surface area (Å²) < 4.78 is 33.0. The summed E-state index contributed by atoms with van der Waals surface area (Å²) in [5.74, 6) is -3.47. The highest BCUT2D eigenvalue weighted by Crippen LogP contribution is 2.45. The van der Waals surface area contributed by atoms with Crippen LogP contribution >= 0.6 is 0 Å². The summed E-state index contributed by atoms with van der Waals surface area (Å²) in [7, 11) is -3.92. The molecule has 5 atom stereocenters. The van der Waals surface area contributed by atoms with E-state index in [1.165, 1.54) is 11.0 Å². The summed E-state index contributed by atoms with van der Waals surface area (Å²) in [6, 6.07) is 12.9. The normalized spacial score (nSPS) is 25.2. The van der Waals surface area contributed by atoms with Gasteiger partial charge < -0.3 is 19.8 Å². The lowest BCUT2D eigenvalue weighted by Crippen LogP contribution is -2.59. The summed E-state index contributed by atoms with van der Waals surface area (Å²) in [5.41, 5.74) is 2.72. The van der Waals surface area contributed by atoms with E-state index in [9.17, 15) is 32.8 Å². The molecule has 4 aliphatic carbocycles. The zero-order chi connectivity index (χ0) is 37.7. The maximum atomic E-state index is 14.4. The van der Waals surface area contributed by atoms with Gasteiger partial charge in [-0.1, -0.05) is 73.6 Å². The molecular formula is C38H45N5O9S. The monoisotopic (exact) mass is 747 g/mol. The van der Waals surface area contributed by atoms with Crippen LogP contribution in [0.1, 0.15) is 76.3 Å². The van der Waals surface area contributed by atoms with Crippen LogP contribution in [-0.2, 0) is 34.0 Å². The van der Waals surface area contributed by atoms with Gasteiger partial charge in [-0.05, 0) is 62.0 Å². The van der Waals surface area contributed by atoms with Crippen molar-refractivity contribution >= 4 is 39.5 Å². The lowest BCUT2D eigenvalue weighted by atomic mass is 10.0. The number of oxime groups is 1. The minimum absolute atomic E-state index is 0.0444. The lowest BCUT2D eigenvalue weighted by Gasteiger charge is -2.34. The largest absolute Gasteiger partial charge is 0.445 e. The summed E-state index contributed by atoms with van der Waals surface area (Å²) in [6.45, 7) is 6.94. The van der Waals surface area contributed by atoms with Gasteiger partial charge in [-0.25, -0.2) is 13.2 Å². The van der Waals surface area contributed by atoms with Gasteiger partial charge in [-0.3, -0.25) is 24.3 Å². The minimum Gasteiger partial charge on any atom is -0.445 e. The third-order valence-electron chi connectivity index (χ3n) is 10.9. The molecule has 1 heterocycles. The maximum Gasteiger partial charge on any atom is 0.434 e. The third-order valence-corrected chi connectivity index (χ3v) is 12.8. The number of carbonyl (C=O) groups is 4. The Labute approximate surface area is 308 Å². The topological polar surface area (TPSA) is 184 Å². The van der Waals surface area contributed by atoms with Crippen LogP contribution in [0.15, 0.2) is 66.3 Å². The second-order valence-corrected chi connectivity index (χ2v) is 17.0. The molecule has 14 nitrogen and oxygen atoms in total. The van der Waals surface area contributed by atoms with Gasteiger partial charge >= 0.3 is 6.09 Å². The van der Waals surface area contributed by atoms with Crippen LogP contribution in [0.2, 0.25) is 0 Å². The standard InChI is InChI=1S/C38H45N5O9S/c1-4-23-20-38(23,36(46)41-53(49,50)26-17-18-26)39-34(44)31-19-25(52-40-32-29-15-9-7-13-27(29)28-14-8-10-16-30(28)32)21-42(31)35(45)33(22(2)3)43(48)37(47)51-24-11-5-6-12-24/h4,7-10,13-16,22-26,31,33,48H,1,5-6,11-12,17-21H2,2-3H3,(H,39,44)(H,41,46)/t23-,25-,31+,33-,38+/m1/s1. The van der Waals surface area contributed by atoms with E-state index in [-0.39, 0.29) is 25.5 Å². The van der Waals surface area contributed by atoms with Crippen molar-refractivity contribution in [1.82, 2.24) is 20.0 Å². The van der Waals surface area contributed by atoms with Crippen molar-refractivity contribution < 1.29 is 42.4 Å². The summed E-state index contributed by atoms with van der Waals surface area (Å²) >= 11 is 0. The van der Waals surface area contributed by atoms with E-state index in [4.69, 9.17) is 9.57 Å². The maximum absolute atomic E-state index is 14.4. The first-order valence-corrected chi connectivity index (χ1v) is 19.8. The van der Waals surface area contributed by atoms with Gasteiger partial charge in [-0.2, -0.15) is 5.06 Å². The number of fused-ring (bicyclic) bond motifs is 3. The SMILES string of the molecule is C=C[C@@H]1C[C@@]1(NC(=O)[C@@H]1C[C@@H](ON=C2c3ccccc3-c3ccccc32)CN1C(=O)[C@@H](C(C)C)N(O)C(=O)OC1CCCC1)C(=O)NS(=O)(=O)C1CC1. The Morgan fingerprint density at radius 3 is 2.13 bits per heavy atom. The predicted octanol–water partition coefficient (Wildman–Crippen LogP) is 3.87. The van der Waals surface area contributed by atoms with Crippen LogP contribution < -0.4 is 10.0 Å². The fraction of sp³-hybridized carbons (Fsp3) is 0.500. The second kappa shape index (κ2) is 14.2. The number of nitrogens with one attached hydrogen (secondary N) is 2. The smallest absolute Gasteiger partial charge is 0.434 e. The molecule has 7 rings (SSSR count).